The van der Waals surface area contributed by atoms with Crippen molar-refractivity contribution in [2.24, 2.45) is 0 Å². The van der Waals surface area contributed by atoms with Gasteiger partial charge in [0, 0.05) is 11.8 Å². The van der Waals surface area contributed by atoms with Crippen molar-refractivity contribution in [3.63, 3.8) is 0 Å². The van der Waals surface area contributed by atoms with Crippen LogP contribution in [0.3, 0.4) is 0 Å². The molecule has 0 aliphatic heterocycles. The molecular weight excluding hydrogens is 394 g/mol. The Morgan fingerprint density at radius 3 is 1.68 bits per heavy atom. The van der Waals surface area contributed by atoms with Gasteiger partial charge in [0.05, 0.1) is 7.11 Å². The number of aromatic nitrogens is 3. The number of nitrogens with zero attached hydrogens (tertiary/aromatic N) is 3. The largest absolute Gasteiger partial charge is 0.294 e. The first-order valence-corrected chi connectivity index (χ1v) is 10.6. The quantitative estimate of drug-likeness (QED) is 0.550. The lowest BCUT2D eigenvalue weighted by Gasteiger charge is -2.00. The van der Waals surface area contributed by atoms with Crippen molar-refractivity contribution in [1.29, 1.82) is 0 Å². The van der Waals surface area contributed by atoms with Gasteiger partial charge in [-0.1, -0.05) is 80.1 Å². The van der Waals surface area contributed by atoms with Gasteiger partial charge in [-0.3, -0.25) is 4.18 Å². The van der Waals surface area contributed by atoms with Gasteiger partial charge < -0.3 is 0 Å². The summed E-state index contributed by atoms with van der Waals surface area (Å²) in [4.78, 5) is 12.1. The topological polar surface area (TPSA) is 65.0 Å². The van der Waals surface area contributed by atoms with Crippen molar-refractivity contribution in [2.45, 2.75) is 27.7 Å². The average Bonchev–Trinajstić information content (AvgIpc) is 2.71. The van der Waals surface area contributed by atoms with Gasteiger partial charge >= 0.3 is 0 Å². The summed E-state index contributed by atoms with van der Waals surface area (Å²) in [7, 11) is 1.40. The summed E-state index contributed by atoms with van der Waals surface area (Å²) >= 11 is 4.67. The molecule has 7 heteroatoms. The van der Waals surface area contributed by atoms with Gasteiger partial charge in [-0.15, -0.1) is 0 Å². The Kier molecular flexibility index (Phi) is 14.6. The molecule has 0 fully saturated rings. The Morgan fingerprint density at radius 2 is 1.32 bits per heavy atom. The number of rotatable bonds is 2. The summed E-state index contributed by atoms with van der Waals surface area (Å²) in [6.07, 6.45) is 1.47. The van der Waals surface area contributed by atoms with E-state index in [0.29, 0.717) is 11.6 Å². The van der Waals surface area contributed by atoms with Crippen molar-refractivity contribution in [2.75, 3.05) is 13.4 Å². The maximum absolute atomic E-state index is 9.70. The number of halogens is 1. The van der Waals surface area contributed by atoms with E-state index < -0.39 is 11.1 Å². The van der Waals surface area contributed by atoms with Crippen LogP contribution in [0, 0.1) is 13.8 Å². The summed E-state index contributed by atoms with van der Waals surface area (Å²) in [5, 5.41) is 0.233. The fraction of sp³-hybridized carbons (Fsp3) is 0.286. The fourth-order valence-corrected chi connectivity index (χ4v) is 1.90. The molecule has 0 radical (unpaired) electrons. The second kappa shape index (κ2) is 15.9. The second-order valence-electron chi connectivity index (χ2n) is 5.06. The molecule has 0 saturated carbocycles. The van der Waals surface area contributed by atoms with Gasteiger partial charge in [-0.05, 0) is 25.4 Å². The summed E-state index contributed by atoms with van der Waals surface area (Å²) in [5.41, 5.74) is 2.27. The van der Waals surface area contributed by atoms with Crippen LogP contribution in [-0.2, 0) is 15.3 Å². The Bertz CT molecular complexity index is 783. The average molecular weight is 422 g/mol. The zero-order chi connectivity index (χ0) is 21.4. The standard InChI is InChI=1S/C10H8ClN3.C7H8.C2H6O2S.C2H6/c1-7-12-9(14-10(11)13-7)8-5-3-2-4-6-8;1-7-5-3-2-4-6-7;1-4-5(2)3;1-2/h2-6H,1H3;2-6H,1H3;1-2H3;1-2H3. The number of hydrogen-bond acceptors (Lipinski definition) is 5. The lowest BCUT2D eigenvalue weighted by molar-refractivity contribution is 0.450. The zero-order valence-electron chi connectivity index (χ0n) is 17.2. The van der Waals surface area contributed by atoms with Gasteiger partial charge in [0.25, 0.3) is 0 Å². The molecule has 152 valence electrons. The lowest BCUT2D eigenvalue weighted by atomic mass is 10.2. The Morgan fingerprint density at radius 1 is 0.857 bits per heavy atom. The highest BCUT2D eigenvalue weighted by Crippen LogP contribution is 2.15. The first-order chi connectivity index (χ1) is 13.4. The normalized spacial score (nSPS) is 10.1. The van der Waals surface area contributed by atoms with Gasteiger partial charge in [-0.2, -0.15) is 4.98 Å². The second-order valence-corrected chi connectivity index (χ2v) is 6.54. The maximum Gasteiger partial charge on any atom is 0.226 e. The first-order valence-electron chi connectivity index (χ1n) is 8.75. The summed E-state index contributed by atoms with van der Waals surface area (Å²) in [5.74, 6) is 1.24. The third-order valence-electron chi connectivity index (χ3n) is 2.93. The van der Waals surface area contributed by atoms with Crippen LogP contribution < -0.4 is 0 Å². The minimum absolute atomic E-state index is 0.233. The van der Waals surface area contributed by atoms with Crippen LogP contribution in [0.25, 0.3) is 11.4 Å². The van der Waals surface area contributed by atoms with Crippen LogP contribution in [0.4, 0.5) is 0 Å². The predicted octanol–water partition coefficient (Wildman–Crippen LogP) is 5.45. The summed E-state index contributed by atoms with van der Waals surface area (Å²) < 4.78 is 13.9. The van der Waals surface area contributed by atoms with Gasteiger partial charge in [0.2, 0.25) is 5.28 Å². The van der Waals surface area contributed by atoms with Crippen LogP contribution in [0.2, 0.25) is 5.28 Å². The van der Waals surface area contributed by atoms with Crippen LogP contribution >= 0.6 is 11.6 Å². The smallest absolute Gasteiger partial charge is 0.226 e. The molecule has 0 aliphatic carbocycles. The van der Waals surface area contributed by atoms with Gasteiger partial charge in [0.1, 0.15) is 5.82 Å². The van der Waals surface area contributed by atoms with Gasteiger partial charge in [0.15, 0.2) is 16.9 Å². The van der Waals surface area contributed by atoms with Crippen LogP contribution in [-0.4, -0.2) is 32.5 Å². The molecule has 3 aromatic rings. The maximum atomic E-state index is 9.70. The molecule has 0 aliphatic rings. The lowest BCUT2D eigenvalue weighted by Crippen LogP contribution is -1.95. The van der Waals surface area contributed by atoms with E-state index in [4.69, 9.17) is 11.6 Å². The highest BCUT2D eigenvalue weighted by atomic mass is 35.5. The highest BCUT2D eigenvalue weighted by molar-refractivity contribution is 7.79. The van der Waals surface area contributed by atoms with E-state index in [1.165, 1.54) is 18.9 Å². The Balaban J connectivity index is 0.000000437. The molecule has 1 heterocycles. The molecule has 0 saturated heterocycles. The summed E-state index contributed by atoms with van der Waals surface area (Å²) in [6, 6.07) is 19.9. The van der Waals surface area contributed by atoms with E-state index in [9.17, 15) is 4.21 Å². The highest BCUT2D eigenvalue weighted by Gasteiger charge is 2.03. The third-order valence-corrected chi connectivity index (χ3v) is 3.57. The minimum atomic E-state index is -1.07. The van der Waals surface area contributed by atoms with Crippen molar-refractivity contribution < 1.29 is 8.39 Å². The van der Waals surface area contributed by atoms with Crippen molar-refractivity contribution >= 4 is 22.7 Å². The Labute approximate surface area is 175 Å². The fourth-order valence-electron chi connectivity index (χ4n) is 1.70. The molecule has 0 amide bonds. The molecule has 1 atom stereocenters. The molecule has 1 aromatic heterocycles. The van der Waals surface area contributed by atoms with Crippen molar-refractivity contribution in [3.8, 4) is 11.4 Å². The molecule has 0 spiro atoms. The molecule has 1 unspecified atom stereocenters. The van der Waals surface area contributed by atoms with E-state index in [1.807, 2.05) is 62.4 Å². The molecule has 0 bridgehead atoms. The predicted molar refractivity (Wildman–Crippen MR) is 119 cm³/mol. The molecule has 5 nitrogen and oxygen atoms in total. The van der Waals surface area contributed by atoms with E-state index in [-0.39, 0.29) is 5.28 Å². The molecule has 28 heavy (non-hydrogen) atoms. The van der Waals surface area contributed by atoms with E-state index in [0.717, 1.165) is 5.56 Å². The monoisotopic (exact) mass is 421 g/mol. The zero-order valence-corrected chi connectivity index (χ0v) is 18.8. The Hall–Kier alpha value is -2.15. The van der Waals surface area contributed by atoms with Crippen LogP contribution in [0.1, 0.15) is 25.2 Å². The number of hydrogen-bond donors (Lipinski definition) is 0. The number of aryl methyl sites for hydroxylation is 2. The number of benzene rings is 2. The van der Waals surface area contributed by atoms with E-state index >= 15 is 0 Å². The molecule has 0 N–H and O–H groups in total. The third kappa shape index (κ3) is 12.3. The molecule has 3 rings (SSSR count). The molecular formula is C21H28ClN3O2S. The van der Waals surface area contributed by atoms with Crippen molar-refractivity contribution in [1.82, 2.24) is 15.0 Å². The van der Waals surface area contributed by atoms with E-state index in [1.54, 1.807) is 6.92 Å². The van der Waals surface area contributed by atoms with Crippen molar-refractivity contribution in [3.05, 3.63) is 77.3 Å². The van der Waals surface area contributed by atoms with E-state index in [2.05, 4.69) is 38.2 Å². The SMILES string of the molecule is CC.COS(C)=O.Cc1ccccc1.Cc1nc(Cl)nc(-c2ccccc2)n1. The molecule has 2 aromatic carbocycles. The van der Waals surface area contributed by atoms with Crippen LogP contribution in [0.5, 0.6) is 0 Å². The summed E-state index contributed by atoms with van der Waals surface area (Å²) in [6.45, 7) is 7.88. The van der Waals surface area contributed by atoms with Gasteiger partial charge in [-0.25, -0.2) is 14.2 Å². The first kappa shape index (κ1) is 25.9. The van der Waals surface area contributed by atoms with Crippen LogP contribution in [0.15, 0.2) is 60.7 Å². The minimum Gasteiger partial charge on any atom is -0.294 e.